The van der Waals surface area contributed by atoms with Gasteiger partial charge in [-0.15, -0.1) is 0 Å². The molecular formula is C26H21ClN2O5S. The normalized spacial score (nSPS) is 14.3. The molecule has 3 aromatic rings. The summed E-state index contributed by atoms with van der Waals surface area (Å²) in [5, 5.41) is 2.78. The number of nitrogens with zero attached hydrogens (tertiary/aromatic N) is 1. The SMILES string of the molecule is COc1cccc(/C=C2\SC(=O)N(CC(=O)Nc3ccccc3)C2=O)c1OCc1ccc(Cl)cc1. The molecule has 0 spiro atoms. The maximum absolute atomic E-state index is 12.9. The highest BCUT2D eigenvalue weighted by molar-refractivity contribution is 8.18. The second-order valence-corrected chi connectivity index (χ2v) is 8.91. The summed E-state index contributed by atoms with van der Waals surface area (Å²) >= 11 is 6.72. The molecule has 1 heterocycles. The number of carbonyl (C=O) groups is 3. The molecule has 35 heavy (non-hydrogen) atoms. The standard InChI is InChI=1S/C26H21ClN2O5S/c1-33-21-9-5-6-18(24(21)34-16-17-10-12-19(27)13-11-17)14-22-25(31)29(26(32)35-22)15-23(30)28-20-7-3-2-4-8-20/h2-14H,15-16H2,1H3,(H,28,30)/b22-14-. The molecule has 1 N–H and O–H groups in total. The lowest BCUT2D eigenvalue weighted by molar-refractivity contribution is -0.127. The van der Waals surface area contributed by atoms with Crippen LogP contribution in [0.1, 0.15) is 11.1 Å². The molecule has 1 aliphatic rings. The third-order valence-electron chi connectivity index (χ3n) is 5.05. The first-order valence-electron chi connectivity index (χ1n) is 10.6. The highest BCUT2D eigenvalue weighted by Gasteiger charge is 2.36. The molecule has 0 aromatic heterocycles. The van der Waals surface area contributed by atoms with Gasteiger partial charge in [0.25, 0.3) is 11.1 Å². The molecule has 1 aliphatic heterocycles. The average Bonchev–Trinajstić information content (AvgIpc) is 3.12. The fourth-order valence-corrected chi connectivity index (χ4v) is 4.30. The summed E-state index contributed by atoms with van der Waals surface area (Å²) in [5.41, 5.74) is 2.05. The first-order valence-corrected chi connectivity index (χ1v) is 11.8. The van der Waals surface area contributed by atoms with E-state index in [1.807, 2.05) is 18.2 Å². The van der Waals surface area contributed by atoms with Crippen LogP contribution in [0.3, 0.4) is 0 Å². The fourth-order valence-electron chi connectivity index (χ4n) is 3.34. The van der Waals surface area contributed by atoms with Crippen molar-refractivity contribution in [2.75, 3.05) is 19.0 Å². The number of ether oxygens (including phenoxy) is 2. The van der Waals surface area contributed by atoms with E-state index in [9.17, 15) is 14.4 Å². The molecule has 0 bridgehead atoms. The van der Waals surface area contributed by atoms with Crippen molar-refractivity contribution < 1.29 is 23.9 Å². The van der Waals surface area contributed by atoms with Gasteiger partial charge in [0.1, 0.15) is 13.2 Å². The number of halogens is 1. The van der Waals surface area contributed by atoms with Gasteiger partial charge in [0.15, 0.2) is 11.5 Å². The van der Waals surface area contributed by atoms with Crippen molar-refractivity contribution in [1.82, 2.24) is 4.90 Å². The van der Waals surface area contributed by atoms with Gasteiger partial charge in [0.05, 0.1) is 12.0 Å². The second-order valence-electron chi connectivity index (χ2n) is 7.48. The zero-order chi connectivity index (χ0) is 24.8. The number of rotatable bonds is 8. The summed E-state index contributed by atoms with van der Waals surface area (Å²) in [4.78, 5) is 38.9. The predicted octanol–water partition coefficient (Wildman–Crippen LogP) is 5.60. The van der Waals surface area contributed by atoms with Crippen LogP contribution < -0.4 is 14.8 Å². The summed E-state index contributed by atoms with van der Waals surface area (Å²) in [6.45, 7) is -0.131. The van der Waals surface area contributed by atoms with Crippen molar-refractivity contribution in [2.45, 2.75) is 6.61 Å². The van der Waals surface area contributed by atoms with Crippen molar-refractivity contribution in [1.29, 1.82) is 0 Å². The number of para-hydroxylation sites is 2. The summed E-state index contributed by atoms with van der Waals surface area (Å²) < 4.78 is 11.5. The van der Waals surface area contributed by atoms with Crippen molar-refractivity contribution in [3.63, 3.8) is 0 Å². The molecule has 0 saturated carbocycles. The summed E-state index contributed by atoms with van der Waals surface area (Å²) in [6, 6.07) is 21.3. The number of hydrogen-bond donors (Lipinski definition) is 1. The Morgan fingerprint density at radius 2 is 1.77 bits per heavy atom. The van der Waals surface area contributed by atoms with E-state index in [-0.39, 0.29) is 18.1 Å². The van der Waals surface area contributed by atoms with Crippen LogP contribution >= 0.6 is 23.4 Å². The Hall–Kier alpha value is -3.75. The van der Waals surface area contributed by atoms with E-state index in [0.29, 0.717) is 27.8 Å². The Kier molecular flexibility index (Phi) is 7.74. The fraction of sp³-hybridized carbons (Fsp3) is 0.115. The second kappa shape index (κ2) is 11.1. The van der Waals surface area contributed by atoms with Crippen molar-refractivity contribution in [3.05, 3.63) is 93.9 Å². The molecule has 3 amide bonds. The Morgan fingerprint density at radius 3 is 2.49 bits per heavy atom. The molecule has 0 atom stereocenters. The number of thioether (sulfide) groups is 1. The van der Waals surface area contributed by atoms with Crippen molar-refractivity contribution in [3.8, 4) is 11.5 Å². The van der Waals surface area contributed by atoms with Crippen LogP contribution in [0.5, 0.6) is 11.5 Å². The average molecular weight is 509 g/mol. The third kappa shape index (κ3) is 6.03. The zero-order valence-electron chi connectivity index (χ0n) is 18.7. The quantitative estimate of drug-likeness (QED) is 0.398. The van der Waals surface area contributed by atoms with E-state index in [1.165, 1.54) is 7.11 Å². The maximum atomic E-state index is 12.9. The smallest absolute Gasteiger partial charge is 0.294 e. The molecule has 3 aromatic carbocycles. The first-order chi connectivity index (χ1) is 16.9. The monoisotopic (exact) mass is 508 g/mol. The number of anilines is 1. The van der Waals surface area contributed by atoms with Crippen LogP contribution in [0, 0.1) is 0 Å². The summed E-state index contributed by atoms with van der Waals surface area (Å²) in [7, 11) is 1.52. The lowest BCUT2D eigenvalue weighted by Crippen LogP contribution is -2.36. The van der Waals surface area contributed by atoms with Crippen LogP contribution in [0.4, 0.5) is 10.5 Å². The Labute approximate surface area is 211 Å². The minimum atomic E-state index is -0.547. The zero-order valence-corrected chi connectivity index (χ0v) is 20.3. The molecule has 0 aliphatic carbocycles. The van der Waals surface area contributed by atoms with Crippen molar-refractivity contribution >= 4 is 52.2 Å². The van der Waals surface area contributed by atoms with Gasteiger partial charge in [-0.25, -0.2) is 0 Å². The predicted molar refractivity (Wildman–Crippen MR) is 137 cm³/mol. The molecule has 0 radical (unpaired) electrons. The Morgan fingerprint density at radius 1 is 1.03 bits per heavy atom. The highest BCUT2D eigenvalue weighted by Crippen LogP contribution is 2.37. The topological polar surface area (TPSA) is 84.9 Å². The maximum Gasteiger partial charge on any atom is 0.294 e. The molecule has 1 saturated heterocycles. The van der Waals surface area contributed by atoms with Gasteiger partial charge in [-0.3, -0.25) is 19.3 Å². The number of imide groups is 1. The minimum Gasteiger partial charge on any atom is -0.493 e. The molecule has 9 heteroatoms. The Bertz CT molecular complexity index is 1280. The van der Waals surface area contributed by atoms with Crippen LogP contribution in [0.15, 0.2) is 77.7 Å². The van der Waals surface area contributed by atoms with Crippen LogP contribution in [0.2, 0.25) is 5.02 Å². The number of amides is 3. The summed E-state index contributed by atoms with van der Waals surface area (Å²) in [5.74, 6) is -0.101. The van der Waals surface area contributed by atoms with Gasteiger partial charge in [0, 0.05) is 16.3 Å². The van der Waals surface area contributed by atoms with Gasteiger partial charge in [-0.2, -0.15) is 0 Å². The lowest BCUT2D eigenvalue weighted by atomic mass is 10.1. The van der Waals surface area contributed by atoms with Gasteiger partial charge < -0.3 is 14.8 Å². The Balaban J connectivity index is 1.51. The molecule has 4 rings (SSSR count). The molecular weight excluding hydrogens is 488 g/mol. The van der Waals surface area contributed by atoms with Gasteiger partial charge in [0.2, 0.25) is 5.91 Å². The summed E-state index contributed by atoms with van der Waals surface area (Å²) in [6.07, 6.45) is 1.57. The number of nitrogens with one attached hydrogen (secondary N) is 1. The highest BCUT2D eigenvalue weighted by atomic mass is 35.5. The van der Waals surface area contributed by atoms with Gasteiger partial charge >= 0.3 is 0 Å². The van der Waals surface area contributed by atoms with E-state index in [1.54, 1.807) is 60.7 Å². The third-order valence-corrected chi connectivity index (χ3v) is 6.20. The van der Waals surface area contributed by atoms with Gasteiger partial charge in [-0.1, -0.05) is 54.1 Å². The van der Waals surface area contributed by atoms with E-state index in [2.05, 4.69) is 5.32 Å². The van der Waals surface area contributed by atoms with E-state index in [0.717, 1.165) is 22.2 Å². The molecule has 1 fully saturated rings. The number of carbonyl (C=O) groups excluding carboxylic acids is 3. The van der Waals surface area contributed by atoms with Crippen molar-refractivity contribution in [2.24, 2.45) is 0 Å². The largest absolute Gasteiger partial charge is 0.493 e. The van der Waals surface area contributed by atoms with E-state index >= 15 is 0 Å². The number of hydrogen-bond acceptors (Lipinski definition) is 6. The minimum absolute atomic E-state index is 0.187. The first kappa shape index (κ1) is 24.4. The van der Waals surface area contributed by atoms with E-state index in [4.69, 9.17) is 21.1 Å². The number of benzene rings is 3. The van der Waals surface area contributed by atoms with Gasteiger partial charge in [-0.05, 0) is 53.7 Å². The lowest BCUT2D eigenvalue weighted by Gasteiger charge is -2.14. The number of methoxy groups -OCH3 is 1. The molecule has 178 valence electrons. The molecule has 0 unspecified atom stereocenters. The van der Waals surface area contributed by atoms with Crippen LogP contribution in [0.25, 0.3) is 6.08 Å². The van der Waals surface area contributed by atoms with Crippen LogP contribution in [-0.2, 0) is 16.2 Å². The van der Waals surface area contributed by atoms with E-state index < -0.39 is 17.1 Å². The van der Waals surface area contributed by atoms with Crippen LogP contribution in [-0.4, -0.2) is 35.6 Å². The molecule has 7 nitrogen and oxygen atoms in total.